The molecule has 0 unspecified atom stereocenters. The number of aryl methyl sites for hydroxylation is 1. The quantitative estimate of drug-likeness (QED) is 0.752. The van der Waals surface area contributed by atoms with Crippen LogP contribution in [-0.4, -0.2) is 35.3 Å². The number of anilines is 1. The van der Waals surface area contributed by atoms with Gasteiger partial charge in [0, 0.05) is 6.04 Å². The summed E-state index contributed by atoms with van der Waals surface area (Å²) in [6.45, 7) is 8.61. The molecule has 1 heterocycles. The number of amidine groups is 1. The van der Waals surface area contributed by atoms with Crippen LogP contribution in [0.25, 0.3) is 0 Å². The van der Waals surface area contributed by atoms with Crippen molar-refractivity contribution in [2.75, 3.05) is 17.2 Å². The average molecular weight is 376 g/mol. The van der Waals surface area contributed by atoms with Gasteiger partial charge in [-0.15, -0.1) is 0 Å². The Labute approximate surface area is 160 Å². The van der Waals surface area contributed by atoms with Gasteiger partial charge in [0.25, 0.3) is 5.91 Å². The molecule has 0 aromatic heterocycles. The standard InChI is InChI=1S/C20H29N3O2S/c1-14(2)6-5-7-16(4)22-18(24)13-26-20-21-12-19(25)23(20)17-10-8-15(3)9-11-17/h8-11,14,16H,5-7,12-13H2,1-4H3,(H,22,24)/t16-/m0/s1. The van der Waals surface area contributed by atoms with E-state index >= 15 is 0 Å². The molecule has 142 valence electrons. The molecule has 1 atom stereocenters. The Morgan fingerprint density at radius 2 is 1.92 bits per heavy atom. The summed E-state index contributed by atoms with van der Waals surface area (Å²) in [6.07, 6.45) is 3.29. The van der Waals surface area contributed by atoms with E-state index in [1.54, 1.807) is 4.90 Å². The molecule has 0 fully saturated rings. The Hall–Kier alpha value is -1.82. The minimum absolute atomic E-state index is 0.0158. The van der Waals surface area contributed by atoms with Gasteiger partial charge in [-0.2, -0.15) is 0 Å². The molecule has 26 heavy (non-hydrogen) atoms. The van der Waals surface area contributed by atoms with E-state index in [0.29, 0.717) is 11.1 Å². The van der Waals surface area contributed by atoms with Gasteiger partial charge in [-0.1, -0.05) is 56.1 Å². The van der Waals surface area contributed by atoms with Gasteiger partial charge >= 0.3 is 0 Å². The van der Waals surface area contributed by atoms with E-state index in [2.05, 4.69) is 24.2 Å². The highest BCUT2D eigenvalue weighted by Gasteiger charge is 2.27. The number of aliphatic imine (C=N–C) groups is 1. The number of nitrogens with one attached hydrogen (secondary N) is 1. The van der Waals surface area contributed by atoms with Gasteiger partial charge in [0.2, 0.25) is 5.91 Å². The van der Waals surface area contributed by atoms with Crippen molar-refractivity contribution in [1.82, 2.24) is 5.32 Å². The lowest BCUT2D eigenvalue weighted by atomic mass is 10.0. The molecule has 1 aliphatic rings. The first kappa shape index (κ1) is 20.5. The summed E-state index contributed by atoms with van der Waals surface area (Å²) in [5.74, 6) is 0.888. The lowest BCUT2D eigenvalue weighted by Crippen LogP contribution is -2.35. The van der Waals surface area contributed by atoms with Gasteiger partial charge < -0.3 is 5.32 Å². The molecule has 0 saturated heterocycles. The lowest BCUT2D eigenvalue weighted by molar-refractivity contribution is -0.119. The van der Waals surface area contributed by atoms with E-state index in [1.165, 1.54) is 18.2 Å². The fourth-order valence-corrected chi connectivity index (χ4v) is 3.63. The van der Waals surface area contributed by atoms with E-state index in [4.69, 9.17) is 0 Å². The number of benzene rings is 1. The third-order valence-corrected chi connectivity index (χ3v) is 5.22. The summed E-state index contributed by atoms with van der Waals surface area (Å²) < 4.78 is 0. The van der Waals surface area contributed by atoms with E-state index in [0.717, 1.165) is 24.1 Å². The van der Waals surface area contributed by atoms with E-state index in [-0.39, 0.29) is 30.2 Å². The Morgan fingerprint density at radius 3 is 2.58 bits per heavy atom. The van der Waals surface area contributed by atoms with Crippen molar-refractivity contribution < 1.29 is 9.59 Å². The minimum atomic E-state index is -0.0567. The number of thioether (sulfide) groups is 1. The molecule has 0 bridgehead atoms. The molecule has 5 nitrogen and oxygen atoms in total. The van der Waals surface area contributed by atoms with Crippen molar-refractivity contribution in [1.29, 1.82) is 0 Å². The van der Waals surface area contributed by atoms with Crippen molar-refractivity contribution in [3.8, 4) is 0 Å². The normalized spacial score (nSPS) is 15.3. The largest absolute Gasteiger partial charge is 0.353 e. The maximum atomic E-state index is 12.2. The predicted octanol–water partition coefficient (Wildman–Crippen LogP) is 3.76. The Bertz CT molecular complexity index is 656. The van der Waals surface area contributed by atoms with Gasteiger partial charge in [0.1, 0.15) is 6.54 Å². The Balaban J connectivity index is 1.83. The van der Waals surface area contributed by atoms with Crippen LogP contribution in [0, 0.1) is 12.8 Å². The topological polar surface area (TPSA) is 61.8 Å². The number of carbonyl (C=O) groups is 2. The number of rotatable bonds is 8. The van der Waals surface area contributed by atoms with Crippen LogP contribution in [-0.2, 0) is 9.59 Å². The van der Waals surface area contributed by atoms with E-state index in [1.807, 2.05) is 38.1 Å². The number of amides is 2. The maximum Gasteiger partial charge on any atom is 0.254 e. The van der Waals surface area contributed by atoms with Gasteiger partial charge in [-0.3, -0.25) is 19.5 Å². The van der Waals surface area contributed by atoms with Crippen LogP contribution in [0.15, 0.2) is 29.3 Å². The lowest BCUT2D eigenvalue weighted by Gasteiger charge is -2.19. The minimum Gasteiger partial charge on any atom is -0.353 e. The number of hydrogen-bond acceptors (Lipinski definition) is 4. The molecule has 0 spiro atoms. The Kier molecular flexibility index (Phi) is 7.69. The van der Waals surface area contributed by atoms with Crippen LogP contribution in [0.5, 0.6) is 0 Å². The summed E-state index contributed by atoms with van der Waals surface area (Å²) in [5, 5.41) is 3.63. The summed E-state index contributed by atoms with van der Waals surface area (Å²) >= 11 is 1.32. The first-order valence-electron chi connectivity index (χ1n) is 9.23. The molecule has 1 aromatic carbocycles. The molecule has 6 heteroatoms. The fourth-order valence-electron chi connectivity index (χ4n) is 2.79. The van der Waals surface area contributed by atoms with Crippen molar-refractivity contribution in [3.63, 3.8) is 0 Å². The number of carbonyl (C=O) groups excluding carboxylic acids is 2. The van der Waals surface area contributed by atoms with Crippen LogP contribution in [0.2, 0.25) is 0 Å². The molecule has 1 aromatic rings. The van der Waals surface area contributed by atoms with Crippen LogP contribution in [0.3, 0.4) is 0 Å². The molecule has 1 N–H and O–H groups in total. The summed E-state index contributed by atoms with van der Waals surface area (Å²) in [4.78, 5) is 30.2. The summed E-state index contributed by atoms with van der Waals surface area (Å²) in [6, 6.07) is 7.92. The molecular formula is C20H29N3O2S. The fraction of sp³-hybridized carbons (Fsp3) is 0.550. The zero-order valence-electron chi connectivity index (χ0n) is 16.1. The van der Waals surface area contributed by atoms with Crippen molar-refractivity contribution in [2.24, 2.45) is 10.9 Å². The SMILES string of the molecule is Cc1ccc(N2C(=O)CN=C2SCC(=O)N[C@@H](C)CCCC(C)C)cc1. The van der Waals surface area contributed by atoms with Gasteiger partial charge in [0.05, 0.1) is 11.4 Å². The maximum absolute atomic E-state index is 12.2. The molecular weight excluding hydrogens is 346 g/mol. The second-order valence-corrected chi connectivity index (χ2v) is 8.19. The molecule has 0 radical (unpaired) electrons. The first-order valence-corrected chi connectivity index (χ1v) is 10.2. The van der Waals surface area contributed by atoms with E-state index < -0.39 is 0 Å². The highest BCUT2D eigenvalue weighted by Crippen LogP contribution is 2.24. The first-order chi connectivity index (χ1) is 12.4. The molecule has 2 amide bonds. The van der Waals surface area contributed by atoms with Crippen molar-refractivity contribution in [3.05, 3.63) is 29.8 Å². The highest BCUT2D eigenvalue weighted by atomic mass is 32.2. The summed E-state index contributed by atoms with van der Waals surface area (Å²) in [5.41, 5.74) is 1.93. The third-order valence-electron chi connectivity index (χ3n) is 4.24. The van der Waals surface area contributed by atoms with Crippen molar-refractivity contribution in [2.45, 2.75) is 53.0 Å². The monoisotopic (exact) mass is 375 g/mol. The van der Waals surface area contributed by atoms with Crippen LogP contribution in [0.1, 0.15) is 45.6 Å². The Morgan fingerprint density at radius 1 is 1.23 bits per heavy atom. The molecule has 1 aliphatic heterocycles. The second kappa shape index (κ2) is 9.76. The van der Waals surface area contributed by atoms with Crippen molar-refractivity contribution >= 4 is 34.4 Å². The van der Waals surface area contributed by atoms with Gasteiger partial charge in [-0.05, 0) is 38.3 Å². The van der Waals surface area contributed by atoms with Gasteiger partial charge in [0.15, 0.2) is 5.17 Å². The van der Waals surface area contributed by atoms with Crippen LogP contribution in [0.4, 0.5) is 5.69 Å². The highest BCUT2D eigenvalue weighted by molar-refractivity contribution is 8.14. The number of nitrogens with zero attached hydrogens (tertiary/aromatic N) is 2. The van der Waals surface area contributed by atoms with Gasteiger partial charge in [-0.25, -0.2) is 0 Å². The number of hydrogen-bond donors (Lipinski definition) is 1. The van der Waals surface area contributed by atoms with Crippen LogP contribution < -0.4 is 10.2 Å². The zero-order chi connectivity index (χ0) is 19.1. The predicted molar refractivity (Wildman–Crippen MR) is 110 cm³/mol. The smallest absolute Gasteiger partial charge is 0.254 e. The molecule has 2 rings (SSSR count). The third kappa shape index (κ3) is 6.16. The second-order valence-electron chi connectivity index (χ2n) is 7.25. The zero-order valence-corrected chi connectivity index (χ0v) is 16.9. The van der Waals surface area contributed by atoms with E-state index in [9.17, 15) is 9.59 Å². The van der Waals surface area contributed by atoms with Crippen LogP contribution >= 0.6 is 11.8 Å². The summed E-state index contributed by atoms with van der Waals surface area (Å²) in [7, 11) is 0. The average Bonchev–Trinajstić information content (AvgIpc) is 2.94. The molecule has 0 aliphatic carbocycles. The molecule has 0 saturated carbocycles.